The molecular weight excluding hydrogens is 508 g/mol. The summed E-state index contributed by atoms with van der Waals surface area (Å²) in [6.45, 7) is 4.49. The Balaban J connectivity index is 1.53. The van der Waals surface area contributed by atoms with E-state index < -0.39 is 0 Å². The Morgan fingerprint density at radius 3 is 2.38 bits per heavy atom. The Hall–Kier alpha value is -4.82. The normalized spacial score (nSPS) is 11.6. The molecular formula is C30H23ClN8. The van der Waals surface area contributed by atoms with Crippen LogP contribution in [0.25, 0.3) is 50.5 Å². The van der Waals surface area contributed by atoms with E-state index in [0.29, 0.717) is 34.4 Å². The molecule has 9 heteroatoms. The largest absolute Gasteiger partial charge is 0.351 e. The summed E-state index contributed by atoms with van der Waals surface area (Å²) in [4.78, 5) is 13.7. The van der Waals surface area contributed by atoms with Gasteiger partial charge in [0.15, 0.2) is 22.8 Å². The van der Waals surface area contributed by atoms with E-state index in [9.17, 15) is 0 Å². The van der Waals surface area contributed by atoms with Gasteiger partial charge in [-0.1, -0.05) is 77.5 Å². The van der Waals surface area contributed by atoms with Crippen LogP contribution in [0.5, 0.6) is 0 Å². The van der Waals surface area contributed by atoms with Gasteiger partial charge in [-0.05, 0) is 49.2 Å². The van der Waals surface area contributed by atoms with Crippen molar-refractivity contribution in [2.75, 3.05) is 0 Å². The van der Waals surface area contributed by atoms with E-state index in [1.54, 1.807) is 0 Å². The van der Waals surface area contributed by atoms with Gasteiger partial charge in [0, 0.05) is 27.2 Å². The zero-order valence-electron chi connectivity index (χ0n) is 21.3. The van der Waals surface area contributed by atoms with Crippen LogP contribution in [0.15, 0.2) is 84.9 Å². The summed E-state index contributed by atoms with van der Waals surface area (Å²) in [5.41, 5.74) is 7.90. The second-order valence-corrected chi connectivity index (χ2v) is 9.98. The number of nitrogens with zero attached hydrogens (tertiary/aromatic N) is 7. The minimum absolute atomic E-state index is 0.521. The molecule has 0 unspecified atom stereocenters. The van der Waals surface area contributed by atoms with Gasteiger partial charge in [0.1, 0.15) is 0 Å². The number of fused-ring (bicyclic) bond motifs is 2. The molecule has 0 atom stereocenters. The Labute approximate surface area is 228 Å². The van der Waals surface area contributed by atoms with Crippen LogP contribution >= 0.6 is 11.6 Å². The van der Waals surface area contributed by atoms with Crippen molar-refractivity contribution in [2.24, 2.45) is 0 Å². The molecule has 7 aromatic rings. The Kier molecular flexibility index (Phi) is 5.49. The smallest absolute Gasteiger partial charge is 0.187 e. The fourth-order valence-electron chi connectivity index (χ4n) is 5.04. The molecule has 1 N–H and O–H groups in total. The number of halogens is 1. The van der Waals surface area contributed by atoms with Crippen LogP contribution in [-0.2, 0) is 6.54 Å². The molecule has 7 rings (SSSR count). The van der Waals surface area contributed by atoms with Crippen molar-refractivity contribution < 1.29 is 0 Å². The SMILES string of the molecule is Cc1cc(C)n(-c2nc(-c3[nH]c4ccc(Cl)cc4c3-c3ccccc3)nc3c2nnn3Cc2ccccc2)n1. The molecule has 190 valence electrons. The van der Waals surface area contributed by atoms with Crippen molar-refractivity contribution in [3.05, 3.63) is 107 Å². The first-order valence-electron chi connectivity index (χ1n) is 12.6. The molecule has 4 heterocycles. The fraction of sp³-hybridized carbons (Fsp3) is 0.100. The average molecular weight is 531 g/mol. The molecule has 39 heavy (non-hydrogen) atoms. The quantitative estimate of drug-likeness (QED) is 0.273. The fourth-order valence-corrected chi connectivity index (χ4v) is 5.22. The van der Waals surface area contributed by atoms with Crippen molar-refractivity contribution >= 4 is 33.7 Å². The Morgan fingerprint density at radius 1 is 0.872 bits per heavy atom. The second kappa shape index (κ2) is 9.18. The lowest BCUT2D eigenvalue weighted by atomic mass is 10.0. The number of aromatic nitrogens is 8. The summed E-state index contributed by atoms with van der Waals surface area (Å²) in [6.07, 6.45) is 0. The predicted molar refractivity (Wildman–Crippen MR) is 153 cm³/mol. The van der Waals surface area contributed by atoms with E-state index in [-0.39, 0.29) is 0 Å². The monoisotopic (exact) mass is 530 g/mol. The highest BCUT2D eigenvalue weighted by Crippen LogP contribution is 2.39. The van der Waals surface area contributed by atoms with Crippen molar-refractivity contribution in [3.63, 3.8) is 0 Å². The lowest BCUT2D eigenvalue weighted by molar-refractivity contribution is 0.664. The van der Waals surface area contributed by atoms with Gasteiger partial charge >= 0.3 is 0 Å². The second-order valence-electron chi connectivity index (χ2n) is 9.55. The topological polar surface area (TPSA) is 90.1 Å². The first kappa shape index (κ1) is 23.3. The molecule has 0 aliphatic heterocycles. The third kappa shape index (κ3) is 4.06. The maximum atomic E-state index is 6.44. The Morgan fingerprint density at radius 2 is 1.64 bits per heavy atom. The molecule has 4 aromatic heterocycles. The molecule has 8 nitrogen and oxygen atoms in total. The van der Waals surface area contributed by atoms with Gasteiger partial charge in [0.05, 0.1) is 17.9 Å². The molecule has 0 radical (unpaired) electrons. The number of benzene rings is 3. The van der Waals surface area contributed by atoms with Crippen molar-refractivity contribution in [1.29, 1.82) is 0 Å². The van der Waals surface area contributed by atoms with Crippen LogP contribution in [0, 0.1) is 13.8 Å². The molecule has 0 amide bonds. The van der Waals surface area contributed by atoms with E-state index >= 15 is 0 Å². The van der Waals surface area contributed by atoms with Gasteiger partial charge in [-0.3, -0.25) is 0 Å². The molecule has 0 fully saturated rings. The number of H-pyrrole nitrogens is 1. The lowest BCUT2D eigenvalue weighted by Gasteiger charge is -2.09. The molecule has 0 spiro atoms. The number of aromatic amines is 1. The maximum Gasteiger partial charge on any atom is 0.187 e. The first-order valence-corrected chi connectivity index (χ1v) is 13.0. The van der Waals surface area contributed by atoms with E-state index in [0.717, 1.165) is 44.7 Å². The highest BCUT2D eigenvalue weighted by atomic mass is 35.5. The molecule has 0 saturated carbocycles. The summed E-state index contributed by atoms with van der Waals surface area (Å²) in [7, 11) is 0. The average Bonchev–Trinajstić information content (AvgIpc) is 3.63. The zero-order chi connectivity index (χ0) is 26.5. The van der Waals surface area contributed by atoms with Crippen LogP contribution in [0.3, 0.4) is 0 Å². The molecule has 0 aliphatic rings. The van der Waals surface area contributed by atoms with Gasteiger partial charge in [-0.25, -0.2) is 19.3 Å². The molecule has 0 saturated heterocycles. The summed E-state index contributed by atoms with van der Waals surface area (Å²) in [5.74, 6) is 1.10. The first-order chi connectivity index (χ1) is 19.0. The number of hydrogen-bond donors (Lipinski definition) is 1. The van der Waals surface area contributed by atoms with Gasteiger partial charge in [-0.15, -0.1) is 5.10 Å². The third-order valence-corrected chi connectivity index (χ3v) is 7.01. The Bertz CT molecular complexity index is 1970. The van der Waals surface area contributed by atoms with Gasteiger partial charge in [-0.2, -0.15) is 5.10 Å². The minimum atomic E-state index is 0.521. The van der Waals surface area contributed by atoms with Crippen molar-refractivity contribution in [2.45, 2.75) is 20.4 Å². The highest BCUT2D eigenvalue weighted by Gasteiger charge is 2.23. The van der Waals surface area contributed by atoms with E-state index in [1.165, 1.54) is 0 Å². The van der Waals surface area contributed by atoms with Crippen molar-refractivity contribution in [3.8, 4) is 28.5 Å². The molecule has 3 aromatic carbocycles. The summed E-state index contributed by atoms with van der Waals surface area (Å²) in [5, 5.41) is 15.4. The maximum absolute atomic E-state index is 6.44. The zero-order valence-corrected chi connectivity index (χ0v) is 22.1. The summed E-state index contributed by atoms with van der Waals surface area (Å²) >= 11 is 6.44. The van der Waals surface area contributed by atoms with Crippen molar-refractivity contribution in [1.82, 2.24) is 39.7 Å². The summed E-state index contributed by atoms with van der Waals surface area (Å²) < 4.78 is 3.62. The molecule has 0 aliphatic carbocycles. The van der Waals surface area contributed by atoms with E-state index in [2.05, 4.69) is 39.6 Å². The number of aryl methyl sites for hydroxylation is 2. The van der Waals surface area contributed by atoms with Crippen LogP contribution in [0.4, 0.5) is 0 Å². The van der Waals surface area contributed by atoms with Crippen LogP contribution in [0.1, 0.15) is 17.0 Å². The number of nitrogens with one attached hydrogen (secondary N) is 1. The lowest BCUT2D eigenvalue weighted by Crippen LogP contribution is -2.08. The predicted octanol–water partition coefficient (Wildman–Crippen LogP) is 6.54. The molecule has 0 bridgehead atoms. The van der Waals surface area contributed by atoms with Gasteiger partial charge in [0.25, 0.3) is 0 Å². The standard InChI is InChI=1S/C30H23ClN8/c1-18-15-19(2)39(36-18)30-27-29(38(37-35-27)17-20-9-5-3-6-10-20)33-28(34-30)26-25(21-11-7-4-8-12-21)23-16-22(31)13-14-24(23)32-26/h3-16,32H,17H2,1-2H3. The van der Waals surface area contributed by atoms with E-state index in [4.69, 9.17) is 26.7 Å². The third-order valence-electron chi connectivity index (χ3n) is 6.78. The van der Waals surface area contributed by atoms with Gasteiger partial charge in [0.2, 0.25) is 0 Å². The number of rotatable bonds is 5. The minimum Gasteiger partial charge on any atom is -0.351 e. The van der Waals surface area contributed by atoms with Crippen LogP contribution in [-0.4, -0.2) is 39.7 Å². The highest BCUT2D eigenvalue weighted by molar-refractivity contribution is 6.31. The number of hydrogen-bond acceptors (Lipinski definition) is 5. The van der Waals surface area contributed by atoms with Crippen LogP contribution < -0.4 is 0 Å². The van der Waals surface area contributed by atoms with Gasteiger partial charge < -0.3 is 4.98 Å². The van der Waals surface area contributed by atoms with Crippen LogP contribution in [0.2, 0.25) is 5.02 Å². The summed E-state index contributed by atoms with van der Waals surface area (Å²) in [6, 6.07) is 28.2. The van der Waals surface area contributed by atoms with E-state index in [1.807, 2.05) is 83.9 Å².